The van der Waals surface area contributed by atoms with Crippen molar-refractivity contribution in [3.63, 3.8) is 0 Å². The standard InChI is InChI=1S/C27H33NO6/c1-5-33-21-12-10-19(11-13-21)24-23(26(30)27(31)28(24)14-7-15-32-4)25(29)20-8-6-9-22(16-20)34-17-18(2)3/h6,8-13,16,18,24,29H,5,7,14-15,17H2,1-4H3/b25-23-. The number of carbonyl (C=O) groups is 2. The van der Waals surface area contributed by atoms with Crippen molar-refractivity contribution in [2.24, 2.45) is 5.92 Å². The van der Waals surface area contributed by atoms with E-state index in [0.29, 0.717) is 61.3 Å². The van der Waals surface area contributed by atoms with Crippen molar-refractivity contribution < 1.29 is 28.9 Å². The van der Waals surface area contributed by atoms with Crippen molar-refractivity contribution in [2.45, 2.75) is 33.2 Å². The summed E-state index contributed by atoms with van der Waals surface area (Å²) in [6.07, 6.45) is 0.565. The van der Waals surface area contributed by atoms with Crippen LogP contribution < -0.4 is 9.47 Å². The van der Waals surface area contributed by atoms with Crippen LogP contribution >= 0.6 is 0 Å². The Morgan fingerprint density at radius 3 is 2.44 bits per heavy atom. The zero-order chi connectivity index (χ0) is 24.7. The van der Waals surface area contributed by atoms with E-state index < -0.39 is 17.7 Å². The van der Waals surface area contributed by atoms with E-state index in [1.807, 2.05) is 32.9 Å². The highest BCUT2D eigenvalue weighted by molar-refractivity contribution is 6.46. The van der Waals surface area contributed by atoms with Crippen LogP contribution in [0.2, 0.25) is 0 Å². The fraction of sp³-hybridized carbons (Fsp3) is 0.407. The van der Waals surface area contributed by atoms with Gasteiger partial charge in [0, 0.05) is 25.8 Å². The smallest absolute Gasteiger partial charge is 0.295 e. The van der Waals surface area contributed by atoms with Crippen LogP contribution in [0.3, 0.4) is 0 Å². The first-order chi connectivity index (χ1) is 16.4. The Hall–Kier alpha value is -3.32. The molecule has 2 aromatic carbocycles. The van der Waals surface area contributed by atoms with E-state index in [9.17, 15) is 14.7 Å². The largest absolute Gasteiger partial charge is 0.507 e. The summed E-state index contributed by atoms with van der Waals surface area (Å²) in [6.45, 7) is 7.83. The van der Waals surface area contributed by atoms with Crippen molar-refractivity contribution in [3.8, 4) is 11.5 Å². The molecule has 1 saturated heterocycles. The third-order valence-electron chi connectivity index (χ3n) is 5.49. The lowest BCUT2D eigenvalue weighted by Gasteiger charge is -2.25. The molecule has 0 radical (unpaired) electrons. The van der Waals surface area contributed by atoms with Gasteiger partial charge < -0.3 is 24.2 Å². The van der Waals surface area contributed by atoms with Crippen LogP contribution in [0.5, 0.6) is 11.5 Å². The van der Waals surface area contributed by atoms with Crippen LogP contribution in [0.1, 0.15) is 44.4 Å². The van der Waals surface area contributed by atoms with E-state index in [-0.39, 0.29) is 11.3 Å². The molecule has 1 unspecified atom stereocenters. The van der Waals surface area contributed by atoms with Gasteiger partial charge in [0.05, 0.1) is 24.8 Å². The average molecular weight is 468 g/mol. The molecule has 3 rings (SSSR count). The minimum absolute atomic E-state index is 0.0626. The van der Waals surface area contributed by atoms with Crippen molar-refractivity contribution in [1.82, 2.24) is 4.90 Å². The number of aliphatic hydroxyl groups excluding tert-OH is 1. The topological polar surface area (TPSA) is 85.3 Å². The van der Waals surface area contributed by atoms with Crippen molar-refractivity contribution in [2.75, 3.05) is 33.5 Å². The van der Waals surface area contributed by atoms with Gasteiger partial charge >= 0.3 is 0 Å². The number of aliphatic hydroxyl groups is 1. The number of benzene rings is 2. The number of hydrogen-bond donors (Lipinski definition) is 1. The van der Waals surface area contributed by atoms with E-state index in [2.05, 4.69) is 0 Å². The third-order valence-corrected chi connectivity index (χ3v) is 5.49. The number of hydrogen-bond acceptors (Lipinski definition) is 6. The van der Waals surface area contributed by atoms with Gasteiger partial charge in [-0.1, -0.05) is 38.1 Å². The molecule has 182 valence electrons. The molecule has 1 heterocycles. The molecule has 1 atom stereocenters. The highest BCUT2D eigenvalue weighted by Gasteiger charge is 2.45. The molecule has 0 aromatic heterocycles. The van der Waals surface area contributed by atoms with Gasteiger partial charge in [-0.2, -0.15) is 0 Å². The maximum Gasteiger partial charge on any atom is 0.295 e. The van der Waals surface area contributed by atoms with E-state index >= 15 is 0 Å². The molecule has 2 aromatic rings. The molecule has 7 nitrogen and oxygen atoms in total. The summed E-state index contributed by atoms with van der Waals surface area (Å²) in [5, 5.41) is 11.2. The first-order valence-corrected chi connectivity index (χ1v) is 11.6. The predicted molar refractivity (Wildman–Crippen MR) is 130 cm³/mol. The van der Waals surface area contributed by atoms with Gasteiger partial charge in [0.25, 0.3) is 11.7 Å². The third kappa shape index (κ3) is 5.78. The molecule has 1 N–H and O–H groups in total. The molecule has 0 aliphatic carbocycles. The lowest BCUT2D eigenvalue weighted by Crippen LogP contribution is -2.31. The molecule has 0 saturated carbocycles. The van der Waals surface area contributed by atoms with Crippen molar-refractivity contribution in [1.29, 1.82) is 0 Å². The molecule has 34 heavy (non-hydrogen) atoms. The Labute approximate surface area is 200 Å². The second kappa shape index (κ2) is 11.7. The summed E-state index contributed by atoms with van der Waals surface area (Å²) in [7, 11) is 1.59. The second-order valence-corrected chi connectivity index (χ2v) is 8.57. The van der Waals surface area contributed by atoms with Gasteiger partial charge in [0.15, 0.2) is 0 Å². The zero-order valence-electron chi connectivity index (χ0n) is 20.2. The fourth-order valence-corrected chi connectivity index (χ4v) is 3.90. The lowest BCUT2D eigenvalue weighted by molar-refractivity contribution is -0.140. The van der Waals surface area contributed by atoms with Crippen LogP contribution in [0, 0.1) is 5.92 Å². The molecule has 7 heteroatoms. The molecule has 1 aliphatic heterocycles. The summed E-state index contributed by atoms with van der Waals surface area (Å²) in [4.78, 5) is 27.6. The average Bonchev–Trinajstić information content (AvgIpc) is 3.08. The second-order valence-electron chi connectivity index (χ2n) is 8.57. The van der Waals surface area contributed by atoms with Gasteiger partial charge in [0.2, 0.25) is 0 Å². The minimum atomic E-state index is -0.715. The first-order valence-electron chi connectivity index (χ1n) is 11.6. The fourth-order valence-electron chi connectivity index (χ4n) is 3.90. The van der Waals surface area contributed by atoms with Crippen LogP contribution in [-0.2, 0) is 14.3 Å². The Kier molecular flexibility index (Phi) is 8.71. The van der Waals surface area contributed by atoms with Gasteiger partial charge in [-0.3, -0.25) is 9.59 Å². The molecule has 0 bridgehead atoms. The van der Waals surface area contributed by atoms with Crippen LogP contribution in [-0.4, -0.2) is 55.2 Å². The minimum Gasteiger partial charge on any atom is -0.507 e. The number of methoxy groups -OCH3 is 1. The summed E-state index contributed by atoms with van der Waals surface area (Å²) >= 11 is 0. The quantitative estimate of drug-likeness (QED) is 0.225. The molecular weight excluding hydrogens is 434 g/mol. The van der Waals surface area contributed by atoms with Gasteiger partial charge in [-0.25, -0.2) is 0 Å². The summed E-state index contributed by atoms with van der Waals surface area (Å²) < 4.78 is 16.4. The monoisotopic (exact) mass is 467 g/mol. The van der Waals surface area contributed by atoms with Crippen LogP contribution in [0.15, 0.2) is 54.1 Å². The number of amides is 1. The highest BCUT2D eigenvalue weighted by atomic mass is 16.5. The molecule has 0 spiro atoms. The Morgan fingerprint density at radius 2 is 1.79 bits per heavy atom. The van der Waals surface area contributed by atoms with E-state index in [0.717, 1.165) is 0 Å². The van der Waals surface area contributed by atoms with E-state index in [1.54, 1.807) is 43.5 Å². The number of likely N-dealkylation sites (tertiary alicyclic amines) is 1. The number of carbonyl (C=O) groups excluding carboxylic acids is 2. The van der Waals surface area contributed by atoms with Gasteiger partial charge in [-0.05, 0) is 49.1 Å². The summed E-state index contributed by atoms with van der Waals surface area (Å²) in [5.41, 5.74) is 1.20. The van der Waals surface area contributed by atoms with Crippen LogP contribution in [0.4, 0.5) is 0 Å². The summed E-state index contributed by atoms with van der Waals surface area (Å²) in [5.74, 6) is 0.0594. The maximum atomic E-state index is 13.1. The SMILES string of the molecule is CCOc1ccc(C2/C(=C(/O)c3cccc(OCC(C)C)c3)C(=O)C(=O)N2CCCOC)cc1. The zero-order valence-corrected chi connectivity index (χ0v) is 20.2. The lowest BCUT2D eigenvalue weighted by atomic mass is 9.95. The number of nitrogens with zero attached hydrogens (tertiary/aromatic N) is 1. The number of Topliss-reactive ketones (excluding diaryl/α,β-unsaturated/α-hetero) is 1. The molecule has 1 fully saturated rings. The van der Waals surface area contributed by atoms with Gasteiger partial charge in [-0.15, -0.1) is 0 Å². The molecule has 1 aliphatic rings. The van der Waals surface area contributed by atoms with Gasteiger partial charge in [0.1, 0.15) is 17.3 Å². The Morgan fingerprint density at radius 1 is 1.06 bits per heavy atom. The number of rotatable bonds is 11. The normalized spacial score (nSPS) is 17.4. The van der Waals surface area contributed by atoms with Crippen LogP contribution in [0.25, 0.3) is 5.76 Å². The number of ether oxygens (including phenoxy) is 3. The predicted octanol–water partition coefficient (Wildman–Crippen LogP) is 4.58. The Bertz CT molecular complexity index is 1030. The Balaban J connectivity index is 2.04. The number of ketones is 1. The van der Waals surface area contributed by atoms with E-state index in [4.69, 9.17) is 14.2 Å². The van der Waals surface area contributed by atoms with Crippen molar-refractivity contribution >= 4 is 17.4 Å². The van der Waals surface area contributed by atoms with E-state index in [1.165, 1.54) is 4.90 Å². The maximum absolute atomic E-state index is 13.1. The first kappa shape index (κ1) is 25.3. The molecule has 1 amide bonds. The highest BCUT2D eigenvalue weighted by Crippen LogP contribution is 2.40. The van der Waals surface area contributed by atoms with Crippen molar-refractivity contribution in [3.05, 3.63) is 65.2 Å². The molecular formula is C27H33NO6. The summed E-state index contributed by atoms with van der Waals surface area (Å²) in [6, 6.07) is 13.5.